The van der Waals surface area contributed by atoms with Gasteiger partial charge in [0.1, 0.15) is 6.04 Å². The van der Waals surface area contributed by atoms with Crippen LogP contribution in [0.5, 0.6) is 11.5 Å². The molecule has 1 aliphatic rings. The van der Waals surface area contributed by atoms with Crippen LogP contribution in [0.15, 0.2) is 24.3 Å². The summed E-state index contributed by atoms with van der Waals surface area (Å²) >= 11 is 0. The van der Waals surface area contributed by atoms with Gasteiger partial charge in [-0.3, -0.25) is 4.79 Å². The average molecular weight is 321 g/mol. The fourth-order valence-electron chi connectivity index (χ4n) is 2.31. The van der Waals surface area contributed by atoms with Gasteiger partial charge in [0, 0.05) is 20.1 Å². The molecule has 2 rings (SSSR count). The molecule has 1 atom stereocenters. The lowest BCUT2D eigenvalue weighted by Gasteiger charge is -2.20. The van der Waals surface area contributed by atoms with Gasteiger partial charge < -0.3 is 25.0 Å². The van der Waals surface area contributed by atoms with Crippen molar-refractivity contribution in [2.24, 2.45) is 0 Å². The Kier molecular flexibility index (Phi) is 6.08. The van der Waals surface area contributed by atoms with Crippen LogP contribution in [0.3, 0.4) is 0 Å². The molecule has 0 unspecified atom stereocenters. The number of ether oxygens (including phenoxy) is 2. The summed E-state index contributed by atoms with van der Waals surface area (Å²) in [5, 5.41) is 5.41. The SMILES string of the molecule is COc1ccccc1OCCCN(C)C(=O)N[C@H]1CCNC1=O. The van der Waals surface area contributed by atoms with E-state index in [4.69, 9.17) is 9.47 Å². The molecule has 3 amide bonds. The first-order valence-corrected chi connectivity index (χ1v) is 7.67. The van der Waals surface area contributed by atoms with Crippen LogP contribution in [-0.2, 0) is 4.79 Å². The van der Waals surface area contributed by atoms with Gasteiger partial charge in [-0.05, 0) is 25.0 Å². The normalized spacial score (nSPS) is 16.6. The minimum atomic E-state index is -0.422. The molecule has 0 bridgehead atoms. The van der Waals surface area contributed by atoms with E-state index in [1.807, 2.05) is 24.3 Å². The molecule has 0 saturated carbocycles. The number of hydrogen-bond acceptors (Lipinski definition) is 4. The maximum absolute atomic E-state index is 12.0. The van der Waals surface area contributed by atoms with Crippen molar-refractivity contribution >= 4 is 11.9 Å². The lowest BCUT2D eigenvalue weighted by atomic mass is 10.2. The number of carbonyl (C=O) groups is 2. The van der Waals surface area contributed by atoms with Crippen molar-refractivity contribution < 1.29 is 19.1 Å². The summed E-state index contributed by atoms with van der Waals surface area (Å²) in [4.78, 5) is 25.0. The van der Waals surface area contributed by atoms with Crippen LogP contribution in [0.2, 0.25) is 0 Å². The Labute approximate surface area is 135 Å². The second-order valence-corrected chi connectivity index (χ2v) is 5.36. The molecule has 1 saturated heterocycles. The lowest BCUT2D eigenvalue weighted by molar-refractivity contribution is -0.120. The molecule has 1 aromatic carbocycles. The van der Waals surface area contributed by atoms with E-state index in [9.17, 15) is 9.59 Å². The summed E-state index contributed by atoms with van der Waals surface area (Å²) in [7, 11) is 3.30. The van der Waals surface area contributed by atoms with Crippen molar-refractivity contribution in [3.05, 3.63) is 24.3 Å². The van der Waals surface area contributed by atoms with Crippen LogP contribution in [-0.4, -0.2) is 56.7 Å². The van der Waals surface area contributed by atoms with Crippen molar-refractivity contribution in [1.82, 2.24) is 15.5 Å². The van der Waals surface area contributed by atoms with E-state index >= 15 is 0 Å². The number of nitrogens with zero attached hydrogens (tertiary/aromatic N) is 1. The van der Waals surface area contributed by atoms with Crippen molar-refractivity contribution in [2.45, 2.75) is 18.9 Å². The number of benzene rings is 1. The van der Waals surface area contributed by atoms with Crippen molar-refractivity contribution in [1.29, 1.82) is 0 Å². The smallest absolute Gasteiger partial charge is 0.317 e. The van der Waals surface area contributed by atoms with Crippen molar-refractivity contribution in [2.75, 3.05) is 33.9 Å². The molecule has 23 heavy (non-hydrogen) atoms. The quantitative estimate of drug-likeness (QED) is 0.734. The first-order valence-electron chi connectivity index (χ1n) is 7.67. The summed E-state index contributed by atoms with van der Waals surface area (Å²) in [5.74, 6) is 1.25. The number of para-hydroxylation sites is 2. The third-order valence-electron chi connectivity index (χ3n) is 3.66. The highest BCUT2D eigenvalue weighted by Crippen LogP contribution is 2.25. The molecule has 7 nitrogen and oxygen atoms in total. The third kappa shape index (κ3) is 4.77. The van der Waals surface area contributed by atoms with E-state index in [0.717, 1.165) is 0 Å². The number of methoxy groups -OCH3 is 1. The van der Waals surface area contributed by atoms with Crippen LogP contribution in [0, 0.1) is 0 Å². The fraction of sp³-hybridized carbons (Fsp3) is 0.500. The highest BCUT2D eigenvalue weighted by molar-refractivity contribution is 5.88. The molecule has 1 aliphatic heterocycles. The topological polar surface area (TPSA) is 79.9 Å². The van der Waals surface area contributed by atoms with Crippen LogP contribution in [0.4, 0.5) is 4.79 Å². The molecule has 0 aromatic heterocycles. The molecule has 2 N–H and O–H groups in total. The van der Waals surface area contributed by atoms with Gasteiger partial charge in [0.15, 0.2) is 11.5 Å². The number of hydrogen-bond donors (Lipinski definition) is 2. The third-order valence-corrected chi connectivity index (χ3v) is 3.66. The zero-order chi connectivity index (χ0) is 16.7. The maximum Gasteiger partial charge on any atom is 0.317 e. The molecule has 126 valence electrons. The van der Waals surface area contributed by atoms with E-state index < -0.39 is 6.04 Å². The zero-order valence-electron chi connectivity index (χ0n) is 13.5. The first-order chi connectivity index (χ1) is 11.1. The summed E-state index contributed by atoms with van der Waals surface area (Å²) < 4.78 is 10.9. The van der Waals surface area contributed by atoms with E-state index in [0.29, 0.717) is 44.0 Å². The minimum Gasteiger partial charge on any atom is -0.493 e. The first kappa shape index (κ1) is 16.9. The summed E-state index contributed by atoms with van der Waals surface area (Å²) in [5.41, 5.74) is 0. The van der Waals surface area contributed by atoms with Crippen LogP contribution in [0.1, 0.15) is 12.8 Å². The van der Waals surface area contributed by atoms with Gasteiger partial charge in [-0.15, -0.1) is 0 Å². The van der Waals surface area contributed by atoms with Gasteiger partial charge in [-0.25, -0.2) is 4.79 Å². The molecule has 0 spiro atoms. The van der Waals surface area contributed by atoms with Crippen LogP contribution in [0.25, 0.3) is 0 Å². The highest BCUT2D eigenvalue weighted by Gasteiger charge is 2.26. The average Bonchev–Trinajstić information content (AvgIpc) is 2.96. The summed E-state index contributed by atoms with van der Waals surface area (Å²) in [6.45, 7) is 1.62. The van der Waals surface area contributed by atoms with Gasteiger partial charge in [0.05, 0.1) is 13.7 Å². The molecule has 1 aromatic rings. The minimum absolute atomic E-state index is 0.119. The standard InChI is InChI=1S/C16H23N3O4/c1-19(16(21)18-12-8-9-17-15(12)20)10-5-11-23-14-7-4-3-6-13(14)22-2/h3-4,6-7,12H,5,8-11H2,1-2H3,(H,17,20)(H,18,21)/t12-/m0/s1. The number of nitrogens with one attached hydrogen (secondary N) is 2. The van der Waals surface area contributed by atoms with Gasteiger partial charge in [0.2, 0.25) is 5.91 Å². The molecule has 1 heterocycles. The molecule has 0 aliphatic carbocycles. The zero-order valence-corrected chi connectivity index (χ0v) is 13.5. The van der Waals surface area contributed by atoms with E-state index in [1.54, 1.807) is 19.1 Å². The predicted molar refractivity (Wildman–Crippen MR) is 85.7 cm³/mol. The van der Waals surface area contributed by atoms with Gasteiger partial charge in [0.25, 0.3) is 0 Å². The monoisotopic (exact) mass is 321 g/mol. The van der Waals surface area contributed by atoms with Crippen LogP contribution < -0.4 is 20.1 Å². The Balaban J connectivity index is 1.69. The van der Waals surface area contributed by atoms with Gasteiger partial charge in [-0.2, -0.15) is 0 Å². The number of rotatable bonds is 7. The number of urea groups is 1. The predicted octanol–water partition coefficient (Wildman–Crippen LogP) is 0.994. The highest BCUT2D eigenvalue weighted by atomic mass is 16.5. The maximum atomic E-state index is 12.0. The Morgan fingerprint density at radius 2 is 2.13 bits per heavy atom. The Hall–Kier alpha value is -2.44. The van der Waals surface area contributed by atoms with E-state index in [1.165, 1.54) is 0 Å². The second-order valence-electron chi connectivity index (χ2n) is 5.36. The second kappa shape index (κ2) is 8.26. The molecule has 0 radical (unpaired) electrons. The number of carbonyl (C=O) groups excluding carboxylic acids is 2. The van der Waals surface area contributed by atoms with Crippen LogP contribution >= 0.6 is 0 Å². The number of amides is 3. The molecular formula is C16H23N3O4. The fourth-order valence-corrected chi connectivity index (χ4v) is 2.31. The van der Waals surface area contributed by atoms with Gasteiger partial charge in [-0.1, -0.05) is 12.1 Å². The summed E-state index contributed by atoms with van der Waals surface area (Å²) in [6, 6.07) is 6.77. The summed E-state index contributed by atoms with van der Waals surface area (Å²) in [6.07, 6.45) is 1.31. The van der Waals surface area contributed by atoms with Gasteiger partial charge >= 0.3 is 6.03 Å². The van der Waals surface area contributed by atoms with Crippen molar-refractivity contribution in [3.63, 3.8) is 0 Å². The van der Waals surface area contributed by atoms with E-state index in [2.05, 4.69) is 10.6 Å². The Morgan fingerprint density at radius 1 is 1.39 bits per heavy atom. The lowest BCUT2D eigenvalue weighted by Crippen LogP contribution is -2.46. The molecular weight excluding hydrogens is 298 g/mol. The Morgan fingerprint density at radius 3 is 2.78 bits per heavy atom. The molecule has 1 fully saturated rings. The molecule has 7 heteroatoms. The van der Waals surface area contributed by atoms with Crippen molar-refractivity contribution in [3.8, 4) is 11.5 Å². The Bertz CT molecular complexity index is 550. The largest absolute Gasteiger partial charge is 0.493 e. The van der Waals surface area contributed by atoms with E-state index in [-0.39, 0.29) is 11.9 Å².